The number of fused-ring (bicyclic) bond motifs is 1. The molecule has 0 aliphatic heterocycles. The van der Waals surface area contributed by atoms with E-state index in [1.54, 1.807) is 7.11 Å². The van der Waals surface area contributed by atoms with Crippen LogP contribution in [0.2, 0.25) is 0 Å². The zero-order valence-corrected chi connectivity index (χ0v) is 15.0. The van der Waals surface area contributed by atoms with E-state index in [0.717, 1.165) is 63.3 Å². The Morgan fingerprint density at radius 3 is 2.33 bits per heavy atom. The van der Waals surface area contributed by atoms with Gasteiger partial charge in [-0.1, -0.05) is 25.7 Å². The maximum absolute atomic E-state index is 11.0. The molecule has 2 aliphatic rings. The summed E-state index contributed by atoms with van der Waals surface area (Å²) in [5.41, 5.74) is -0.374. The highest BCUT2D eigenvalue weighted by Gasteiger charge is 2.56. The first-order valence-electron chi connectivity index (χ1n) is 8.55. The fraction of sp³-hybridized carbons (Fsp3) is 0.938. The molecule has 0 aromatic carbocycles. The van der Waals surface area contributed by atoms with E-state index in [9.17, 15) is 9.70 Å². The molecule has 2 saturated carbocycles. The molecule has 0 amide bonds. The van der Waals surface area contributed by atoms with Gasteiger partial charge in [0.15, 0.2) is 0 Å². The second-order valence-corrected chi connectivity index (χ2v) is 7.77. The van der Waals surface area contributed by atoms with Gasteiger partial charge in [0.25, 0.3) is 0 Å². The van der Waals surface area contributed by atoms with Crippen LogP contribution in [0.15, 0.2) is 4.58 Å². The largest absolute Gasteiger partial charge is 0.480 e. The second kappa shape index (κ2) is 9.12. The molecule has 1 N–H and O–H groups in total. The molecule has 2 fully saturated rings. The molecular formula is C16H27NO6S. The molecule has 8 heteroatoms. The molecule has 138 valence electrons. The fourth-order valence-electron chi connectivity index (χ4n) is 4.10. The number of carboxylic acid groups (broad SMARTS) is 1. The minimum absolute atomic E-state index is 0.254. The summed E-state index contributed by atoms with van der Waals surface area (Å²) in [6.07, 6.45) is 7.59. The van der Waals surface area contributed by atoms with Gasteiger partial charge in [0, 0.05) is 23.6 Å². The number of nitroso groups, excluding NO2 is 1. The Labute approximate surface area is 146 Å². The average molecular weight is 361 g/mol. The summed E-state index contributed by atoms with van der Waals surface area (Å²) >= 11 is 1.14. The van der Waals surface area contributed by atoms with Gasteiger partial charge in [-0.15, -0.1) is 4.91 Å². The standard InChI is InChI=1S/C16H27NO6S/c1-21-10-13(22-12-14(18)19)11-23-15-6-2-4-8-16(15,24-17-20)9-5-3-7-15/h13H,2-12H2,1H3,(H,18,19)/t13-,15?,16?/m1/s1. The van der Waals surface area contributed by atoms with Gasteiger partial charge < -0.3 is 19.3 Å². The minimum atomic E-state index is -1.01. The molecule has 0 saturated heterocycles. The van der Waals surface area contributed by atoms with Gasteiger partial charge in [0.2, 0.25) is 0 Å². The number of ether oxygens (including phenoxy) is 3. The lowest BCUT2D eigenvalue weighted by Gasteiger charge is -2.54. The third kappa shape index (κ3) is 4.47. The van der Waals surface area contributed by atoms with Gasteiger partial charge in [-0.2, -0.15) is 0 Å². The Morgan fingerprint density at radius 1 is 1.17 bits per heavy atom. The molecule has 0 spiro atoms. The molecule has 0 unspecified atom stereocenters. The lowest BCUT2D eigenvalue weighted by molar-refractivity contribution is -0.162. The second-order valence-electron chi connectivity index (χ2n) is 6.66. The molecule has 0 aromatic heterocycles. The maximum Gasteiger partial charge on any atom is 0.329 e. The molecule has 0 aromatic rings. The summed E-state index contributed by atoms with van der Waals surface area (Å²) in [4.78, 5) is 21.8. The number of carbonyl (C=O) groups is 1. The van der Waals surface area contributed by atoms with E-state index in [2.05, 4.69) is 4.58 Å². The third-order valence-corrected chi connectivity index (χ3v) is 6.41. The van der Waals surface area contributed by atoms with Gasteiger partial charge in [0.1, 0.15) is 12.7 Å². The van der Waals surface area contributed by atoms with Gasteiger partial charge in [-0.25, -0.2) is 4.79 Å². The number of rotatable bonds is 10. The van der Waals surface area contributed by atoms with Crippen LogP contribution in [0.4, 0.5) is 0 Å². The van der Waals surface area contributed by atoms with E-state index in [-0.39, 0.29) is 30.2 Å². The normalized spacial score (nSPS) is 31.2. The zero-order valence-electron chi connectivity index (χ0n) is 14.2. The van der Waals surface area contributed by atoms with Crippen LogP contribution in [-0.2, 0) is 19.0 Å². The lowest BCUT2D eigenvalue weighted by Crippen LogP contribution is -2.58. The topological polar surface area (TPSA) is 94.4 Å². The van der Waals surface area contributed by atoms with Crippen molar-refractivity contribution in [3.63, 3.8) is 0 Å². The van der Waals surface area contributed by atoms with Crippen LogP contribution in [0.1, 0.15) is 51.4 Å². The third-order valence-electron chi connectivity index (χ3n) is 5.21. The van der Waals surface area contributed by atoms with Crippen molar-refractivity contribution < 1.29 is 24.1 Å². The quantitative estimate of drug-likeness (QED) is 0.472. The van der Waals surface area contributed by atoms with Crippen molar-refractivity contribution in [2.75, 3.05) is 26.9 Å². The summed E-state index contributed by atoms with van der Waals surface area (Å²) in [5, 5.41) is 8.79. The first-order valence-corrected chi connectivity index (χ1v) is 9.32. The van der Waals surface area contributed by atoms with Crippen molar-refractivity contribution in [3.8, 4) is 0 Å². The van der Waals surface area contributed by atoms with E-state index in [0.29, 0.717) is 0 Å². The highest BCUT2D eigenvalue weighted by Crippen LogP contribution is 2.56. The highest BCUT2D eigenvalue weighted by atomic mass is 32.2. The number of nitrogens with zero attached hydrogens (tertiary/aromatic N) is 1. The van der Waals surface area contributed by atoms with Crippen molar-refractivity contribution >= 4 is 17.9 Å². The Balaban J connectivity index is 2.06. The van der Waals surface area contributed by atoms with E-state index < -0.39 is 12.1 Å². The Morgan fingerprint density at radius 2 is 1.79 bits per heavy atom. The number of methoxy groups -OCH3 is 1. The Hall–Kier alpha value is -0.700. The van der Waals surface area contributed by atoms with Crippen molar-refractivity contribution in [2.24, 2.45) is 4.58 Å². The van der Waals surface area contributed by atoms with E-state index >= 15 is 0 Å². The number of hydrogen-bond acceptors (Lipinski definition) is 7. The highest BCUT2D eigenvalue weighted by molar-refractivity contribution is 7.99. The molecule has 1 atom stereocenters. The molecule has 2 rings (SSSR count). The van der Waals surface area contributed by atoms with Crippen molar-refractivity contribution in [2.45, 2.75) is 67.8 Å². The van der Waals surface area contributed by atoms with Crippen LogP contribution >= 0.6 is 11.9 Å². The van der Waals surface area contributed by atoms with Gasteiger partial charge >= 0.3 is 5.97 Å². The van der Waals surface area contributed by atoms with Crippen LogP contribution < -0.4 is 0 Å². The summed E-state index contributed by atoms with van der Waals surface area (Å²) in [7, 11) is 1.55. The number of hydrogen-bond donors (Lipinski definition) is 1. The van der Waals surface area contributed by atoms with Crippen LogP contribution in [0.25, 0.3) is 0 Å². The predicted octanol–water partition coefficient (Wildman–Crippen LogP) is 3.16. The molecule has 0 radical (unpaired) electrons. The van der Waals surface area contributed by atoms with Crippen molar-refractivity contribution in [1.82, 2.24) is 0 Å². The van der Waals surface area contributed by atoms with Crippen LogP contribution in [0, 0.1) is 4.91 Å². The van der Waals surface area contributed by atoms with Gasteiger partial charge in [-0.05, 0) is 25.7 Å². The lowest BCUT2D eigenvalue weighted by atomic mass is 9.66. The van der Waals surface area contributed by atoms with Gasteiger partial charge in [-0.3, -0.25) is 0 Å². The SMILES string of the molecule is COC[C@H](COC12CCCCC1(SN=O)CCCC2)OCC(=O)O. The molecule has 7 nitrogen and oxygen atoms in total. The predicted molar refractivity (Wildman–Crippen MR) is 91.0 cm³/mol. The van der Waals surface area contributed by atoms with E-state index in [1.165, 1.54) is 0 Å². The Kier molecular flexibility index (Phi) is 7.46. The first kappa shape index (κ1) is 19.6. The first-order chi connectivity index (χ1) is 11.6. The molecule has 0 heterocycles. The number of carboxylic acids is 1. The summed E-state index contributed by atoms with van der Waals surface area (Å²) in [6, 6.07) is 0. The van der Waals surface area contributed by atoms with E-state index in [4.69, 9.17) is 19.3 Å². The summed E-state index contributed by atoms with van der Waals surface area (Å²) in [5.74, 6) is -1.01. The smallest absolute Gasteiger partial charge is 0.329 e. The molecular weight excluding hydrogens is 334 g/mol. The van der Waals surface area contributed by atoms with Crippen LogP contribution in [0.5, 0.6) is 0 Å². The zero-order chi connectivity index (χ0) is 17.5. The average Bonchev–Trinajstić information content (AvgIpc) is 2.57. The molecule has 0 bridgehead atoms. The number of aliphatic carboxylic acids is 1. The molecule has 24 heavy (non-hydrogen) atoms. The van der Waals surface area contributed by atoms with Crippen molar-refractivity contribution in [3.05, 3.63) is 4.91 Å². The minimum Gasteiger partial charge on any atom is -0.480 e. The fourth-order valence-corrected chi connectivity index (χ4v) is 5.14. The summed E-state index contributed by atoms with van der Waals surface area (Å²) < 4.78 is 19.7. The van der Waals surface area contributed by atoms with Gasteiger partial charge in [0.05, 0.1) is 23.6 Å². The molecule has 2 aliphatic carbocycles. The van der Waals surface area contributed by atoms with Crippen molar-refractivity contribution in [1.29, 1.82) is 0 Å². The monoisotopic (exact) mass is 361 g/mol. The van der Waals surface area contributed by atoms with Crippen LogP contribution in [-0.4, -0.2) is 54.5 Å². The Bertz CT molecular complexity index is 421. The van der Waals surface area contributed by atoms with Crippen LogP contribution in [0.3, 0.4) is 0 Å². The summed E-state index contributed by atoms with van der Waals surface area (Å²) in [6.45, 7) is 0.165. The maximum atomic E-state index is 11.0. The van der Waals surface area contributed by atoms with E-state index in [1.807, 2.05) is 0 Å².